The molecule has 25 heavy (non-hydrogen) atoms. The highest BCUT2D eigenvalue weighted by Crippen LogP contribution is 2.26. The van der Waals surface area contributed by atoms with E-state index in [1.54, 1.807) is 19.4 Å². The van der Waals surface area contributed by atoms with Crippen LogP contribution in [0.15, 0.2) is 42.6 Å². The van der Waals surface area contributed by atoms with E-state index in [0.717, 1.165) is 32.6 Å². The largest absolute Gasteiger partial charge is 0.481 e. The Morgan fingerprint density at radius 1 is 1.20 bits per heavy atom. The zero-order valence-electron chi connectivity index (χ0n) is 14.9. The summed E-state index contributed by atoms with van der Waals surface area (Å²) in [4.78, 5) is 8.62. The summed E-state index contributed by atoms with van der Waals surface area (Å²) in [5, 5.41) is 7.18. The van der Waals surface area contributed by atoms with Crippen LogP contribution in [0.25, 0.3) is 0 Å². The van der Waals surface area contributed by atoms with E-state index < -0.39 is 0 Å². The van der Waals surface area contributed by atoms with Crippen LogP contribution < -0.4 is 15.4 Å². The number of aromatic nitrogens is 2. The Balaban J connectivity index is 1.69. The Morgan fingerprint density at radius 2 is 1.96 bits per heavy atom. The lowest BCUT2D eigenvalue weighted by molar-refractivity contribution is 0.0388. The maximum absolute atomic E-state index is 5.58. The van der Waals surface area contributed by atoms with Crippen LogP contribution in [0, 0.1) is 0 Å². The van der Waals surface area contributed by atoms with Gasteiger partial charge in [-0.05, 0) is 25.3 Å². The Morgan fingerprint density at radius 3 is 2.68 bits per heavy atom. The Bertz CT molecular complexity index is 659. The zero-order valence-corrected chi connectivity index (χ0v) is 14.9. The van der Waals surface area contributed by atoms with E-state index in [2.05, 4.69) is 51.8 Å². The fourth-order valence-electron chi connectivity index (χ4n) is 3.21. The van der Waals surface area contributed by atoms with Gasteiger partial charge in [0, 0.05) is 43.6 Å². The Kier molecular flexibility index (Phi) is 5.83. The summed E-state index contributed by atoms with van der Waals surface area (Å²) in [5.74, 6) is 1.14. The lowest BCUT2D eigenvalue weighted by atomic mass is 9.88. The summed E-state index contributed by atoms with van der Waals surface area (Å²) >= 11 is 0. The van der Waals surface area contributed by atoms with E-state index in [-0.39, 0.29) is 11.6 Å². The fraction of sp³-hybridized carbons (Fsp3) is 0.474. The molecule has 2 heterocycles. The highest BCUT2D eigenvalue weighted by molar-refractivity contribution is 5.29. The fourth-order valence-corrected chi connectivity index (χ4v) is 3.21. The van der Waals surface area contributed by atoms with Gasteiger partial charge >= 0.3 is 0 Å². The second-order valence-electron chi connectivity index (χ2n) is 6.45. The minimum atomic E-state index is -0.0556. The van der Waals surface area contributed by atoms with Gasteiger partial charge in [-0.25, -0.2) is 4.98 Å². The van der Waals surface area contributed by atoms with Crippen molar-refractivity contribution in [2.75, 3.05) is 32.2 Å². The highest BCUT2D eigenvalue weighted by Gasteiger charge is 2.34. The number of rotatable bonds is 7. The molecule has 0 spiro atoms. The van der Waals surface area contributed by atoms with E-state index in [1.807, 2.05) is 6.07 Å². The first-order valence-electron chi connectivity index (χ1n) is 8.72. The van der Waals surface area contributed by atoms with Gasteiger partial charge in [0.2, 0.25) is 11.8 Å². The van der Waals surface area contributed by atoms with E-state index in [0.29, 0.717) is 11.8 Å². The molecule has 0 saturated carbocycles. The van der Waals surface area contributed by atoms with Gasteiger partial charge in [0.25, 0.3) is 0 Å². The van der Waals surface area contributed by atoms with Crippen molar-refractivity contribution in [3.8, 4) is 5.88 Å². The number of ether oxygens (including phenoxy) is 2. The molecule has 0 bridgehead atoms. The molecular formula is C19H26N4O2. The summed E-state index contributed by atoms with van der Waals surface area (Å²) < 4.78 is 10.7. The van der Waals surface area contributed by atoms with Crippen LogP contribution in [0.4, 0.5) is 5.95 Å². The number of benzene rings is 1. The van der Waals surface area contributed by atoms with Crippen molar-refractivity contribution in [3.63, 3.8) is 0 Å². The topological polar surface area (TPSA) is 68.3 Å². The van der Waals surface area contributed by atoms with Crippen LogP contribution in [0.1, 0.15) is 31.4 Å². The summed E-state index contributed by atoms with van der Waals surface area (Å²) in [6.45, 7) is 4.46. The normalized spacial score (nSPS) is 17.7. The molecule has 1 aromatic heterocycles. The lowest BCUT2D eigenvalue weighted by Gasteiger charge is -2.40. The molecule has 134 valence electrons. The quantitative estimate of drug-likeness (QED) is 0.806. The number of methoxy groups -OCH3 is 1. The average molecular weight is 342 g/mol. The maximum atomic E-state index is 5.58. The van der Waals surface area contributed by atoms with Crippen molar-refractivity contribution in [2.45, 2.75) is 31.3 Å². The number of hydrogen-bond acceptors (Lipinski definition) is 6. The Labute approximate surface area is 149 Å². The summed E-state index contributed by atoms with van der Waals surface area (Å²) in [7, 11) is 1.61. The Hall–Kier alpha value is -2.18. The van der Waals surface area contributed by atoms with Gasteiger partial charge in [0.1, 0.15) is 0 Å². The molecule has 0 amide bonds. The molecule has 6 heteroatoms. The third-order valence-corrected chi connectivity index (χ3v) is 4.70. The van der Waals surface area contributed by atoms with Crippen molar-refractivity contribution in [2.24, 2.45) is 0 Å². The summed E-state index contributed by atoms with van der Waals surface area (Å²) in [6.07, 6.45) is 3.59. The first-order valence-corrected chi connectivity index (χ1v) is 8.72. The van der Waals surface area contributed by atoms with Gasteiger partial charge < -0.3 is 20.1 Å². The van der Waals surface area contributed by atoms with Gasteiger partial charge in [-0.15, -0.1) is 0 Å². The molecule has 1 saturated heterocycles. The van der Waals surface area contributed by atoms with Gasteiger partial charge in [0.05, 0.1) is 7.11 Å². The minimum absolute atomic E-state index is 0.0556. The first kappa shape index (κ1) is 17.6. The van der Waals surface area contributed by atoms with Gasteiger partial charge in [-0.2, -0.15) is 4.98 Å². The molecule has 2 N–H and O–H groups in total. The molecule has 1 aliphatic heterocycles. The summed E-state index contributed by atoms with van der Waals surface area (Å²) in [5.41, 5.74) is 1.23. The molecule has 1 fully saturated rings. The van der Waals surface area contributed by atoms with Crippen molar-refractivity contribution >= 4 is 5.95 Å². The van der Waals surface area contributed by atoms with Gasteiger partial charge in [0.15, 0.2) is 0 Å². The van der Waals surface area contributed by atoms with Crippen molar-refractivity contribution in [3.05, 3.63) is 48.2 Å². The predicted octanol–water partition coefficient (Wildman–Crippen LogP) is 2.80. The molecule has 3 rings (SSSR count). The van der Waals surface area contributed by atoms with Crippen LogP contribution in [0.3, 0.4) is 0 Å². The molecule has 1 aliphatic rings. The van der Waals surface area contributed by atoms with Crippen molar-refractivity contribution < 1.29 is 9.47 Å². The third kappa shape index (κ3) is 4.67. The zero-order chi connectivity index (χ0) is 17.5. The first-order chi connectivity index (χ1) is 12.2. The molecule has 0 radical (unpaired) electrons. The maximum Gasteiger partial charge on any atom is 0.226 e. The van der Waals surface area contributed by atoms with Gasteiger partial charge in [-0.3, -0.25) is 0 Å². The van der Waals surface area contributed by atoms with Crippen LogP contribution >= 0.6 is 0 Å². The number of hydrogen-bond donors (Lipinski definition) is 2. The van der Waals surface area contributed by atoms with E-state index >= 15 is 0 Å². The molecular weight excluding hydrogens is 316 g/mol. The second kappa shape index (κ2) is 8.27. The van der Waals surface area contributed by atoms with Crippen LogP contribution in [0.5, 0.6) is 5.88 Å². The molecule has 0 unspecified atom stereocenters. The van der Waals surface area contributed by atoms with Crippen LogP contribution in [-0.4, -0.2) is 42.4 Å². The third-order valence-electron chi connectivity index (χ3n) is 4.70. The highest BCUT2D eigenvalue weighted by atomic mass is 16.5. The molecule has 1 atom stereocenters. The van der Waals surface area contributed by atoms with Crippen LogP contribution in [0.2, 0.25) is 0 Å². The standard InChI is InChI=1S/C19H26N4O2/c1-15(16-6-4-3-5-7-16)23-19(9-12-25-13-10-19)14-21-18-20-11-8-17(22-18)24-2/h3-8,11,15,23H,9-10,12-14H2,1-2H3,(H,20,21,22)/t15-/m0/s1. The van der Waals surface area contributed by atoms with Gasteiger partial charge in [-0.1, -0.05) is 30.3 Å². The molecule has 0 aliphatic carbocycles. The SMILES string of the molecule is COc1ccnc(NCC2(N[C@@H](C)c3ccccc3)CCOCC2)n1. The second-order valence-corrected chi connectivity index (χ2v) is 6.45. The number of nitrogens with one attached hydrogen (secondary N) is 2. The van der Waals surface area contributed by atoms with E-state index in [9.17, 15) is 0 Å². The number of nitrogens with zero attached hydrogens (tertiary/aromatic N) is 2. The van der Waals surface area contributed by atoms with E-state index in [1.165, 1.54) is 5.56 Å². The predicted molar refractivity (Wildman–Crippen MR) is 97.9 cm³/mol. The van der Waals surface area contributed by atoms with Crippen LogP contribution in [-0.2, 0) is 4.74 Å². The van der Waals surface area contributed by atoms with Crippen molar-refractivity contribution in [1.82, 2.24) is 15.3 Å². The number of anilines is 1. The summed E-state index contributed by atoms with van der Waals surface area (Å²) in [6, 6.07) is 12.5. The van der Waals surface area contributed by atoms with Crippen molar-refractivity contribution in [1.29, 1.82) is 0 Å². The monoisotopic (exact) mass is 342 g/mol. The molecule has 2 aromatic rings. The van der Waals surface area contributed by atoms with E-state index in [4.69, 9.17) is 9.47 Å². The lowest BCUT2D eigenvalue weighted by Crippen LogP contribution is -2.54. The minimum Gasteiger partial charge on any atom is -0.481 e. The molecule has 6 nitrogen and oxygen atoms in total. The smallest absolute Gasteiger partial charge is 0.226 e. The molecule has 1 aromatic carbocycles. The average Bonchev–Trinajstić information content (AvgIpc) is 2.68.